The van der Waals surface area contributed by atoms with Crippen LogP contribution in [0.15, 0.2) is 0 Å². The van der Waals surface area contributed by atoms with Gasteiger partial charge in [-0.3, -0.25) is 19.3 Å². The predicted octanol–water partition coefficient (Wildman–Crippen LogP) is -1.90. The average molecular weight is 229 g/mol. The lowest BCUT2D eigenvalue weighted by molar-refractivity contribution is -0.142. The zero-order valence-corrected chi connectivity index (χ0v) is 8.34. The summed E-state index contributed by atoms with van der Waals surface area (Å²) in [4.78, 5) is 32.8. The molecule has 0 aliphatic heterocycles. The Labute approximate surface area is 91.1 Å². The normalized spacial score (nSPS) is 9.50. The second-order valence-corrected chi connectivity index (χ2v) is 2.87. The van der Waals surface area contributed by atoms with Crippen molar-refractivity contribution in [3.8, 4) is 6.07 Å². The molecule has 8 heteroatoms. The lowest BCUT2D eigenvalue weighted by atomic mass is 10.4. The Morgan fingerprint density at radius 2 is 1.62 bits per heavy atom. The number of carbonyl (C=O) groups is 3. The first-order chi connectivity index (χ1) is 7.45. The van der Waals surface area contributed by atoms with Gasteiger partial charge in [0.05, 0.1) is 25.7 Å². The highest BCUT2D eigenvalue weighted by atomic mass is 16.4. The number of nitriles is 1. The van der Waals surface area contributed by atoms with Crippen LogP contribution >= 0.6 is 0 Å². The summed E-state index contributed by atoms with van der Waals surface area (Å²) in [7, 11) is 0. The monoisotopic (exact) mass is 229 g/mol. The molecule has 0 saturated heterocycles. The Kier molecular flexibility index (Phi) is 6.23. The third kappa shape index (κ3) is 7.28. The third-order valence-corrected chi connectivity index (χ3v) is 1.45. The van der Waals surface area contributed by atoms with Gasteiger partial charge in [-0.1, -0.05) is 0 Å². The zero-order valence-electron chi connectivity index (χ0n) is 8.34. The van der Waals surface area contributed by atoms with E-state index >= 15 is 0 Å². The Hall–Kier alpha value is -2.14. The highest BCUT2D eigenvalue weighted by molar-refractivity contribution is 5.80. The summed E-state index contributed by atoms with van der Waals surface area (Å²) in [5.74, 6) is -3.05. The molecule has 88 valence electrons. The number of hydrogen-bond acceptors (Lipinski definition) is 5. The van der Waals surface area contributed by atoms with Gasteiger partial charge in [0.25, 0.3) is 0 Å². The summed E-state index contributed by atoms with van der Waals surface area (Å²) in [6, 6.07) is 1.67. The van der Waals surface area contributed by atoms with E-state index in [0.717, 1.165) is 4.90 Å². The maximum absolute atomic E-state index is 11.1. The number of carboxylic acids is 2. The number of carboxylic acid groups (broad SMARTS) is 2. The molecule has 8 nitrogen and oxygen atoms in total. The van der Waals surface area contributed by atoms with Gasteiger partial charge in [0.15, 0.2) is 0 Å². The van der Waals surface area contributed by atoms with Crippen LogP contribution in [-0.2, 0) is 14.4 Å². The van der Waals surface area contributed by atoms with Crippen LogP contribution in [0.2, 0.25) is 0 Å². The first kappa shape index (κ1) is 13.9. The van der Waals surface area contributed by atoms with E-state index in [9.17, 15) is 14.4 Å². The van der Waals surface area contributed by atoms with Crippen molar-refractivity contribution in [2.24, 2.45) is 0 Å². The number of hydrogen-bond donors (Lipinski definition) is 3. The fourth-order valence-electron chi connectivity index (χ4n) is 0.947. The Morgan fingerprint density at radius 1 is 1.12 bits per heavy atom. The van der Waals surface area contributed by atoms with Crippen molar-refractivity contribution in [2.75, 3.05) is 26.2 Å². The molecular formula is C8H11N3O5. The van der Waals surface area contributed by atoms with E-state index < -0.39 is 30.9 Å². The lowest BCUT2D eigenvalue weighted by Gasteiger charge is -2.16. The van der Waals surface area contributed by atoms with Gasteiger partial charge in [0.1, 0.15) is 6.54 Å². The molecule has 0 aromatic heterocycles. The van der Waals surface area contributed by atoms with Crippen molar-refractivity contribution >= 4 is 17.8 Å². The first-order valence-electron chi connectivity index (χ1n) is 4.25. The van der Waals surface area contributed by atoms with Crippen molar-refractivity contribution in [3.63, 3.8) is 0 Å². The molecule has 16 heavy (non-hydrogen) atoms. The van der Waals surface area contributed by atoms with Crippen LogP contribution < -0.4 is 5.32 Å². The van der Waals surface area contributed by atoms with Gasteiger partial charge in [-0.2, -0.15) is 5.26 Å². The van der Waals surface area contributed by atoms with E-state index in [2.05, 4.69) is 5.32 Å². The Balaban J connectivity index is 4.19. The van der Waals surface area contributed by atoms with Crippen molar-refractivity contribution in [1.82, 2.24) is 10.2 Å². The second-order valence-electron chi connectivity index (χ2n) is 2.87. The van der Waals surface area contributed by atoms with Gasteiger partial charge in [0.2, 0.25) is 5.91 Å². The molecule has 0 fully saturated rings. The van der Waals surface area contributed by atoms with Gasteiger partial charge in [-0.05, 0) is 0 Å². The van der Waals surface area contributed by atoms with Crippen LogP contribution in [0.25, 0.3) is 0 Å². The maximum atomic E-state index is 11.1. The zero-order chi connectivity index (χ0) is 12.6. The molecule has 0 rings (SSSR count). The van der Waals surface area contributed by atoms with Crippen LogP contribution in [0.4, 0.5) is 0 Å². The van der Waals surface area contributed by atoms with Crippen molar-refractivity contribution < 1.29 is 24.6 Å². The molecule has 0 atom stereocenters. The number of aliphatic carboxylic acids is 2. The second kappa shape index (κ2) is 7.19. The SMILES string of the molecule is N#CCNC(=O)CN(CC(=O)O)CC(=O)O. The van der Waals surface area contributed by atoms with Gasteiger partial charge in [-0.15, -0.1) is 0 Å². The standard InChI is InChI=1S/C8H11N3O5/c9-1-2-10-6(12)3-11(4-7(13)14)5-8(15)16/h2-5H2,(H,10,12)(H,13,14)(H,15,16). The topological polar surface area (TPSA) is 131 Å². The smallest absolute Gasteiger partial charge is 0.317 e. The largest absolute Gasteiger partial charge is 0.480 e. The molecule has 0 unspecified atom stereocenters. The molecule has 0 radical (unpaired) electrons. The van der Waals surface area contributed by atoms with Gasteiger partial charge in [0, 0.05) is 0 Å². The van der Waals surface area contributed by atoms with Gasteiger partial charge >= 0.3 is 11.9 Å². The van der Waals surface area contributed by atoms with Crippen LogP contribution in [0, 0.1) is 11.3 Å². The molecule has 0 bridgehead atoms. The number of amides is 1. The van der Waals surface area contributed by atoms with E-state index in [-0.39, 0.29) is 13.1 Å². The molecular weight excluding hydrogens is 218 g/mol. The summed E-state index contributed by atoms with van der Waals surface area (Å²) in [6.07, 6.45) is 0. The average Bonchev–Trinajstić information content (AvgIpc) is 2.12. The van der Waals surface area contributed by atoms with E-state index in [1.54, 1.807) is 6.07 Å². The maximum Gasteiger partial charge on any atom is 0.317 e. The highest BCUT2D eigenvalue weighted by Gasteiger charge is 2.16. The predicted molar refractivity (Wildman–Crippen MR) is 50.3 cm³/mol. The van der Waals surface area contributed by atoms with E-state index in [4.69, 9.17) is 15.5 Å². The number of nitrogens with zero attached hydrogens (tertiary/aromatic N) is 2. The third-order valence-electron chi connectivity index (χ3n) is 1.45. The fourth-order valence-corrected chi connectivity index (χ4v) is 0.947. The van der Waals surface area contributed by atoms with Crippen LogP contribution in [0.5, 0.6) is 0 Å². The highest BCUT2D eigenvalue weighted by Crippen LogP contribution is 1.88. The van der Waals surface area contributed by atoms with E-state index in [1.165, 1.54) is 0 Å². The Morgan fingerprint density at radius 3 is 2.00 bits per heavy atom. The van der Waals surface area contributed by atoms with Crippen LogP contribution in [0.1, 0.15) is 0 Å². The first-order valence-corrected chi connectivity index (χ1v) is 4.25. The molecule has 0 heterocycles. The number of rotatable bonds is 7. The van der Waals surface area contributed by atoms with Crippen molar-refractivity contribution in [3.05, 3.63) is 0 Å². The summed E-state index contributed by atoms with van der Waals surface area (Å²) < 4.78 is 0. The summed E-state index contributed by atoms with van der Waals surface area (Å²) >= 11 is 0. The van der Waals surface area contributed by atoms with Crippen molar-refractivity contribution in [1.29, 1.82) is 5.26 Å². The van der Waals surface area contributed by atoms with Gasteiger partial charge in [-0.25, -0.2) is 0 Å². The molecule has 0 saturated carbocycles. The molecule has 0 aromatic carbocycles. The minimum Gasteiger partial charge on any atom is -0.480 e. The summed E-state index contributed by atoms with van der Waals surface area (Å²) in [5, 5.41) is 27.3. The van der Waals surface area contributed by atoms with Crippen molar-refractivity contribution in [2.45, 2.75) is 0 Å². The van der Waals surface area contributed by atoms with Gasteiger partial charge < -0.3 is 15.5 Å². The van der Waals surface area contributed by atoms with Crippen LogP contribution in [-0.4, -0.2) is 59.1 Å². The molecule has 0 aliphatic rings. The summed E-state index contributed by atoms with van der Waals surface area (Å²) in [5.41, 5.74) is 0. The molecule has 3 N–H and O–H groups in total. The molecule has 1 amide bonds. The minimum absolute atomic E-state index is 0.202. The number of carbonyl (C=O) groups excluding carboxylic acids is 1. The van der Waals surface area contributed by atoms with E-state index in [1.807, 2.05) is 0 Å². The quantitative estimate of drug-likeness (QED) is 0.434. The van der Waals surface area contributed by atoms with Crippen LogP contribution in [0.3, 0.4) is 0 Å². The Bertz CT molecular complexity index is 306. The molecule has 0 aliphatic carbocycles. The molecule has 0 aromatic rings. The van der Waals surface area contributed by atoms with E-state index in [0.29, 0.717) is 0 Å². The number of nitrogens with one attached hydrogen (secondary N) is 1. The fraction of sp³-hybridized carbons (Fsp3) is 0.500. The molecule has 0 spiro atoms. The lowest BCUT2D eigenvalue weighted by Crippen LogP contribution is -2.42. The minimum atomic E-state index is -1.23. The summed E-state index contributed by atoms with van der Waals surface area (Å²) in [6.45, 7) is -1.67.